The van der Waals surface area contributed by atoms with Crippen LogP contribution in [0.2, 0.25) is 0 Å². The maximum absolute atomic E-state index is 12.3. The summed E-state index contributed by atoms with van der Waals surface area (Å²) in [7, 11) is 1.26. The van der Waals surface area contributed by atoms with E-state index in [0.717, 1.165) is 6.07 Å². The van der Waals surface area contributed by atoms with Gasteiger partial charge in [0.05, 0.1) is 12.5 Å². The molecule has 1 unspecified atom stereocenters. The first-order chi connectivity index (χ1) is 10.9. The average Bonchev–Trinajstić information content (AvgIpc) is 2.53. The number of hydrogen-bond acceptors (Lipinski definition) is 5. The van der Waals surface area contributed by atoms with E-state index in [1.807, 2.05) is 13.8 Å². The smallest absolute Gasteiger partial charge is 0.328 e. The van der Waals surface area contributed by atoms with Crippen molar-refractivity contribution in [1.29, 1.82) is 0 Å². The van der Waals surface area contributed by atoms with Gasteiger partial charge >= 0.3 is 5.97 Å². The second-order valence-corrected chi connectivity index (χ2v) is 5.65. The Kier molecular flexibility index (Phi) is 5.16. The predicted octanol–water partition coefficient (Wildman–Crippen LogP) is 2.11. The summed E-state index contributed by atoms with van der Waals surface area (Å²) in [5, 5.41) is 2.96. The lowest BCUT2D eigenvalue weighted by atomic mass is 10.0. The Morgan fingerprint density at radius 2 is 1.96 bits per heavy atom. The number of esters is 1. The number of hydrogen-bond donors (Lipinski definition) is 1. The van der Waals surface area contributed by atoms with Gasteiger partial charge in [0.15, 0.2) is 11.2 Å². The number of methoxy groups -OCH3 is 1. The summed E-state index contributed by atoms with van der Waals surface area (Å²) >= 11 is 0. The van der Waals surface area contributed by atoms with Crippen LogP contribution in [-0.2, 0) is 9.53 Å². The first kappa shape index (κ1) is 16.7. The molecule has 1 N–H and O–H groups in total. The Morgan fingerprint density at radius 1 is 1.26 bits per heavy atom. The van der Waals surface area contributed by atoms with E-state index in [9.17, 15) is 14.4 Å². The second kappa shape index (κ2) is 7.09. The minimum atomic E-state index is -0.788. The van der Waals surface area contributed by atoms with Gasteiger partial charge in [0.25, 0.3) is 5.91 Å². The number of rotatable bonds is 5. The number of nitrogens with one attached hydrogen (secondary N) is 1. The molecule has 0 bridgehead atoms. The largest absolute Gasteiger partial charge is 0.467 e. The highest BCUT2D eigenvalue weighted by molar-refractivity contribution is 5.95. The van der Waals surface area contributed by atoms with E-state index in [0.29, 0.717) is 17.4 Å². The molecule has 0 aliphatic heterocycles. The molecule has 1 aromatic heterocycles. The molecule has 0 spiro atoms. The average molecular weight is 317 g/mol. The SMILES string of the molecule is COC(=O)C(CC(C)C)NC(=O)c1cc(=O)c2ccccc2o1. The molecule has 6 nitrogen and oxygen atoms in total. The van der Waals surface area contributed by atoms with Crippen LogP contribution < -0.4 is 10.7 Å². The Morgan fingerprint density at radius 3 is 2.61 bits per heavy atom. The van der Waals surface area contributed by atoms with Gasteiger partial charge in [-0.3, -0.25) is 9.59 Å². The third-order valence-corrected chi connectivity index (χ3v) is 3.36. The lowest BCUT2D eigenvalue weighted by molar-refractivity contribution is -0.143. The van der Waals surface area contributed by atoms with Gasteiger partial charge in [0, 0.05) is 6.07 Å². The summed E-state index contributed by atoms with van der Waals surface area (Å²) in [5.41, 5.74) is 0.0131. The van der Waals surface area contributed by atoms with E-state index >= 15 is 0 Å². The fourth-order valence-corrected chi connectivity index (χ4v) is 2.27. The van der Waals surface area contributed by atoms with Crippen LogP contribution in [0.3, 0.4) is 0 Å². The van der Waals surface area contributed by atoms with Crippen molar-refractivity contribution in [2.45, 2.75) is 26.3 Å². The van der Waals surface area contributed by atoms with Gasteiger partial charge < -0.3 is 14.5 Å². The maximum Gasteiger partial charge on any atom is 0.328 e. The zero-order valence-corrected chi connectivity index (χ0v) is 13.3. The van der Waals surface area contributed by atoms with Gasteiger partial charge in [-0.15, -0.1) is 0 Å². The predicted molar refractivity (Wildman–Crippen MR) is 85.2 cm³/mol. The van der Waals surface area contributed by atoms with Crippen LogP contribution in [-0.4, -0.2) is 25.0 Å². The Hall–Kier alpha value is -2.63. The zero-order chi connectivity index (χ0) is 17.0. The molecular formula is C17H19NO5. The molecule has 0 fully saturated rings. The summed E-state index contributed by atoms with van der Waals surface area (Å²) in [6, 6.07) is 7.00. The van der Waals surface area contributed by atoms with Crippen LogP contribution in [0.25, 0.3) is 11.0 Å². The van der Waals surface area contributed by atoms with Crippen molar-refractivity contribution in [3.63, 3.8) is 0 Å². The summed E-state index contributed by atoms with van der Waals surface area (Å²) in [6.07, 6.45) is 0.427. The lowest BCUT2D eigenvalue weighted by Gasteiger charge is -2.17. The second-order valence-electron chi connectivity index (χ2n) is 5.65. The minimum absolute atomic E-state index is 0.133. The van der Waals surface area contributed by atoms with Gasteiger partial charge in [-0.05, 0) is 24.5 Å². The van der Waals surface area contributed by atoms with Crippen molar-refractivity contribution in [1.82, 2.24) is 5.32 Å². The molecule has 0 aliphatic rings. The summed E-state index contributed by atoms with van der Waals surface area (Å²) in [5.74, 6) is -1.10. The zero-order valence-electron chi connectivity index (χ0n) is 13.3. The molecule has 1 amide bonds. The third kappa shape index (κ3) is 3.97. The van der Waals surface area contributed by atoms with E-state index in [1.54, 1.807) is 24.3 Å². The summed E-state index contributed by atoms with van der Waals surface area (Å²) in [6.45, 7) is 3.86. The fraction of sp³-hybridized carbons (Fsp3) is 0.353. The molecule has 0 aliphatic carbocycles. The van der Waals surface area contributed by atoms with E-state index in [-0.39, 0.29) is 17.1 Å². The van der Waals surface area contributed by atoms with Crippen LogP contribution in [0.5, 0.6) is 0 Å². The number of carbonyl (C=O) groups is 2. The highest BCUT2D eigenvalue weighted by Crippen LogP contribution is 2.13. The first-order valence-corrected chi connectivity index (χ1v) is 7.34. The van der Waals surface area contributed by atoms with Gasteiger partial charge in [-0.2, -0.15) is 0 Å². The van der Waals surface area contributed by atoms with Gasteiger partial charge in [0.2, 0.25) is 0 Å². The maximum atomic E-state index is 12.3. The molecule has 1 atom stereocenters. The molecule has 23 heavy (non-hydrogen) atoms. The van der Waals surface area contributed by atoms with Crippen LogP contribution in [0.4, 0.5) is 0 Å². The summed E-state index contributed by atoms with van der Waals surface area (Å²) < 4.78 is 10.2. The normalized spacial score (nSPS) is 12.2. The van der Waals surface area contributed by atoms with Crippen molar-refractivity contribution in [2.24, 2.45) is 5.92 Å². The molecule has 0 radical (unpaired) electrons. The van der Waals surface area contributed by atoms with E-state index in [1.165, 1.54) is 7.11 Å². The molecule has 6 heteroatoms. The number of amides is 1. The van der Waals surface area contributed by atoms with Gasteiger partial charge in [-0.25, -0.2) is 4.79 Å². The molecule has 2 rings (SSSR count). The number of ether oxygens (including phenoxy) is 1. The van der Waals surface area contributed by atoms with E-state index in [4.69, 9.17) is 9.15 Å². The molecule has 0 saturated carbocycles. The quantitative estimate of drug-likeness (QED) is 0.854. The Bertz CT molecular complexity index is 778. The standard InChI is InChI=1S/C17H19NO5/c1-10(2)8-12(17(21)22-3)18-16(20)15-9-13(19)11-6-4-5-7-14(11)23-15/h4-7,9-10,12H,8H2,1-3H3,(H,18,20). The highest BCUT2D eigenvalue weighted by Gasteiger charge is 2.24. The molecular weight excluding hydrogens is 298 g/mol. The molecule has 122 valence electrons. The third-order valence-electron chi connectivity index (χ3n) is 3.36. The summed E-state index contributed by atoms with van der Waals surface area (Å²) in [4.78, 5) is 36.1. The number of fused-ring (bicyclic) bond motifs is 1. The van der Waals surface area contributed by atoms with Crippen LogP contribution >= 0.6 is 0 Å². The first-order valence-electron chi connectivity index (χ1n) is 7.34. The molecule has 0 saturated heterocycles. The van der Waals surface area contributed by atoms with Crippen molar-refractivity contribution < 1.29 is 18.7 Å². The van der Waals surface area contributed by atoms with Gasteiger partial charge in [0.1, 0.15) is 11.6 Å². The fourth-order valence-electron chi connectivity index (χ4n) is 2.27. The van der Waals surface area contributed by atoms with E-state index < -0.39 is 17.9 Å². The van der Waals surface area contributed by atoms with E-state index in [2.05, 4.69) is 5.32 Å². The highest BCUT2D eigenvalue weighted by atomic mass is 16.5. The van der Waals surface area contributed by atoms with Crippen LogP contribution in [0.1, 0.15) is 30.8 Å². The Balaban J connectivity index is 2.28. The Labute approximate surface area is 133 Å². The van der Waals surface area contributed by atoms with Crippen molar-refractivity contribution in [2.75, 3.05) is 7.11 Å². The van der Waals surface area contributed by atoms with Crippen molar-refractivity contribution >= 4 is 22.8 Å². The number of para-hydroxylation sites is 1. The van der Waals surface area contributed by atoms with Crippen molar-refractivity contribution in [3.8, 4) is 0 Å². The van der Waals surface area contributed by atoms with Crippen LogP contribution in [0, 0.1) is 5.92 Å². The molecule has 1 heterocycles. The van der Waals surface area contributed by atoms with Crippen molar-refractivity contribution in [3.05, 3.63) is 46.3 Å². The monoisotopic (exact) mass is 317 g/mol. The topological polar surface area (TPSA) is 85.6 Å². The number of carbonyl (C=O) groups excluding carboxylic acids is 2. The minimum Gasteiger partial charge on any atom is -0.467 e. The van der Waals surface area contributed by atoms with Crippen LogP contribution in [0.15, 0.2) is 39.5 Å². The lowest BCUT2D eigenvalue weighted by Crippen LogP contribution is -2.42. The molecule has 1 aromatic carbocycles. The van der Waals surface area contributed by atoms with Gasteiger partial charge in [-0.1, -0.05) is 26.0 Å². The number of benzene rings is 1. The molecule has 2 aromatic rings.